The second-order valence-electron chi connectivity index (χ2n) is 3.45. The topological polar surface area (TPSA) is 0 Å². The van der Waals surface area contributed by atoms with Gasteiger partial charge in [-0.25, -0.2) is 0 Å². The molecular formula is C12H25P2+. The van der Waals surface area contributed by atoms with Crippen LogP contribution in [0.25, 0.3) is 0 Å². The monoisotopic (exact) mass is 231 g/mol. The van der Waals surface area contributed by atoms with Crippen LogP contribution in [0, 0.1) is 0 Å². The second kappa shape index (κ2) is 13.3. The molecule has 0 aliphatic rings. The molecule has 0 aromatic heterocycles. The van der Waals surface area contributed by atoms with Gasteiger partial charge in [-0.15, -0.1) is 0 Å². The van der Waals surface area contributed by atoms with Crippen molar-refractivity contribution < 1.29 is 0 Å². The first-order valence-electron chi connectivity index (χ1n) is 5.81. The third kappa shape index (κ3) is 12.3. The van der Waals surface area contributed by atoms with E-state index in [4.69, 9.17) is 0 Å². The Morgan fingerprint density at radius 3 is 2.29 bits per heavy atom. The fourth-order valence-electron chi connectivity index (χ4n) is 1.07. The lowest BCUT2D eigenvalue weighted by atomic mass is 10.2. The Labute approximate surface area is 93.1 Å². The van der Waals surface area contributed by atoms with E-state index in [1.54, 1.807) is 0 Å². The Morgan fingerprint density at radius 1 is 1.00 bits per heavy atom. The van der Waals surface area contributed by atoms with Crippen LogP contribution in [0.4, 0.5) is 0 Å². The third-order valence-corrected chi connectivity index (χ3v) is 4.81. The SMILES string of the molecule is CCCC/C=C/P[PH2+]/C=C/CCCC. The molecule has 2 atom stereocenters. The molecule has 0 heterocycles. The quantitative estimate of drug-likeness (QED) is 0.368. The number of hydrogen-bond acceptors (Lipinski definition) is 0. The molecule has 2 heteroatoms. The van der Waals surface area contributed by atoms with Gasteiger partial charge in [-0.2, -0.15) is 0 Å². The predicted molar refractivity (Wildman–Crippen MR) is 75.4 cm³/mol. The van der Waals surface area contributed by atoms with Crippen LogP contribution < -0.4 is 0 Å². The first kappa shape index (κ1) is 14.3. The molecule has 0 saturated heterocycles. The number of allylic oxidation sites excluding steroid dienone is 2. The first-order chi connectivity index (χ1) is 6.91. The van der Waals surface area contributed by atoms with E-state index >= 15 is 0 Å². The van der Waals surface area contributed by atoms with Gasteiger partial charge in [0.15, 0.2) is 0 Å². The Bertz CT molecular complexity index is 132. The molecule has 0 aliphatic carbocycles. The molecule has 0 rings (SSSR count). The van der Waals surface area contributed by atoms with Crippen LogP contribution in [0.2, 0.25) is 0 Å². The average molecular weight is 231 g/mol. The van der Waals surface area contributed by atoms with Gasteiger partial charge in [0.2, 0.25) is 0 Å². The van der Waals surface area contributed by atoms with E-state index in [0.29, 0.717) is 8.27 Å². The Morgan fingerprint density at radius 2 is 1.64 bits per heavy atom. The maximum atomic E-state index is 2.41. The van der Waals surface area contributed by atoms with Crippen LogP contribution in [-0.2, 0) is 0 Å². The summed E-state index contributed by atoms with van der Waals surface area (Å²) in [6, 6.07) is 0. The minimum Gasteiger partial charge on any atom is -0.0808 e. The summed E-state index contributed by atoms with van der Waals surface area (Å²) in [5.74, 6) is 4.80. The molecular weight excluding hydrogens is 206 g/mol. The first-order valence-corrected chi connectivity index (χ1v) is 9.36. The predicted octanol–water partition coefficient (Wildman–Crippen LogP) is 5.40. The van der Waals surface area contributed by atoms with E-state index in [-0.39, 0.29) is 0 Å². The van der Waals surface area contributed by atoms with Gasteiger partial charge in [0.1, 0.15) is 0 Å². The second-order valence-corrected chi connectivity index (χ2v) is 6.83. The molecule has 0 aliphatic heterocycles. The van der Waals surface area contributed by atoms with Gasteiger partial charge < -0.3 is 0 Å². The summed E-state index contributed by atoms with van der Waals surface area (Å²) in [6.07, 6.45) is 12.6. The summed E-state index contributed by atoms with van der Waals surface area (Å²) < 4.78 is 0. The van der Waals surface area contributed by atoms with Crippen molar-refractivity contribution in [3.05, 3.63) is 23.8 Å². The van der Waals surface area contributed by atoms with Crippen LogP contribution in [-0.4, -0.2) is 0 Å². The molecule has 0 N–H and O–H groups in total. The molecule has 0 bridgehead atoms. The van der Waals surface area contributed by atoms with Crippen molar-refractivity contribution in [3.8, 4) is 0 Å². The summed E-state index contributed by atoms with van der Waals surface area (Å²) in [5.41, 5.74) is 0. The smallest absolute Gasteiger partial charge is 0.0648 e. The number of unbranched alkanes of at least 4 members (excludes halogenated alkanes) is 4. The summed E-state index contributed by atoms with van der Waals surface area (Å²) in [5, 5.41) is 0. The molecule has 0 amide bonds. The fourth-order valence-corrected chi connectivity index (χ4v) is 3.41. The Kier molecular flexibility index (Phi) is 13.7. The van der Waals surface area contributed by atoms with Crippen LogP contribution in [0.5, 0.6) is 0 Å². The molecule has 0 aromatic carbocycles. The molecule has 0 aromatic rings. The zero-order chi connectivity index (χ0) is 10.5. The highest BCUT2D eigenvalue weighted by Crippen LogP contribution is 2.39. The van der Waals surface area contributed by atoms with Crippen molar-refractivity contribution in [1.82, 2.24) is 0 Å². The highest BCUT2D eigenvalue weighted by atomic mass is 32.0. The van der Waals surface area contributed by atoms with Gasteiger partial charge in [0, 0.05) is 8.27 Å². The van der Waals surface area contributed by atoms with Gasteiger partial charge in [-0.05, 0) is 31.2 Å². The molecule has 0 saturated carbocycles. The molecule has 0 nitrogen and oxygen atoms in total. The van der Waals surface area contributed by atoms with Gasteiger partial charge in [0.25, 0.3) is 0 Å². The fraction of sp³-hybridized carbons (Fsp3) is 0.667. The zero-order valence-electron chi connectivity index (χ0n) is 9.63. The molecule has 0 radical (unpaired) electrons. The van der Waals surface area contributed by atoms with Crippen molar-refractivity contribution >= 4 is 16.5 Å². The molecule has 82 valence electrons. The lowest BCUT2D eigenvalue weighted by Gasteiger charge is -1.87. The lowest BCUT2D eigenvalue weighted by Crippen LogP contribution is -1.64. The summed E-state index contributed by atoms with van der Waals surface area (Å²) in [7, 11) is 1.63. The highest BCUT2D eigenvalue weighted by Gasteiger charge is 1.85. The van der Waals surface area contributed by atoms with Crippen LogP contribution in [0.1, 0.15) is 52.4 Å². The lowest BCUT2D eigenvalue weighted by molar-refractivity contribution is 0.815. The average Bonchev–Trinajstić information content (AvgIpc) is 2.21. The van der Waals surface area contributed by atoms with Crippen molar-refractivity contribution in [3.63, 3.8) is 0 Å². The third-order valence-electron chi connectivity index (χ3n) is 1.99. The summed E-state index contributed by atoms with van der Waals surface area (Å²) >= 11 is 0. The maximum absolute atomic E-state index is 2.41. The van der Waals surface area contributed by atoms with Crippen LogP contribution >= 0.6 is 16.5 Å². The summed E-state index contributed by atoms with van der Waals surface area (Å²) in [6.45, 7) is 4.50. The van der Waals surface area contributed by atoms with Crippen molar-refractivity contribution in [1.29, 1.82) is 0 Å². The number of rotatable bonds is 9. The highest BCUT2D eigenvalue weighted by molar-refractivity contribution is 8.14. The van der Waals surface area contributed by atoms with E-state index in [0.717, 1.165) is 8.27 Å². The Balaban J connectivity index is 3.11. The van der Waals surface area contributed by atoms with Gasteiger partial charge >= 0.3 is 0 Å². The van der Waals surface area contributed by atoms with Gasteiger partial charge in [-0.3, -0.25) is 0 Å². The largest absolute Gasteiger partial charge is 0.0808 e. The minimum atomic E-state index is 0.563. The minimum absolute atomic E-state index is 0.563. The van der Waals surface area contributed by atoms with Crippen molar-refractivity contribution in [2.75, 3.05) is 0 Å². The zero-order valence-corrected chi connectivity index (χ0v) is 11.8. The Hall–Kier alpha value is 0.340. The summed E-state index contributed by atoms with van der Waals surface area (Å²) in [4.78, 5) is 0. The van der Waals surface area contributed by atoms with Crippen LogP contribution in [0.15, 0.2) is 23.8 Å². The number of hydrogen-bond donors (Lipinski definition) is 0. The van der Waals surface area contributed by atoms with Crippen molar-refractivity contribution in [2.24, 2.45) is 0 Å². The van der Waals surface area contributed by atoms with Crippen molar-refractivity contribution in [2.45, 2.75) is 52.4 Å². The van der Waals surface area contributed by atoms with E-state index in [1.165, 1.54) is 38.5 Å². The maximum Gasteiger partial charge on any atom is 0.0648 e. The van der Waals surface area contributed by atoms with Crippen LogP contribution in [0.3, 0.4) is 0 Å². The standard InChI is InChI=1S/C12H24P2/c1-3-5-7-9-11-13-14-12-10-8-6-4-2/h9-14H,3-8H2,1-2H3/p+1/b11-9+,12-10+. The molecule has 14 heavy (non-hydrogen) atoms. The normalized spacial score (nSPS) is 13.6. The van der Waals surface area contributed by atoms with E-state index in [9.17, 15) is 0 Å². The molecule has 2 unspecified atom stereocenters. The van der Waals surface area contributed by atoms with E-state index < -0.39 is 0 Å². The van der Waals surface area contributed by atoms with E-state index in [2.05, 4.69) is 37.6 Å². The van der Waals surface area contributed by atoms with E-state index in [1.807, 2.05) is 0 Å². The molecule has 0 spiro atoms. The van der Waals surface area contributed by atoms with Gasteiger partial charge in [0.05, 0.1) is 14.1 Å². The molecule has 0 fully saturated rings. The van der Waals surface area contributed by atoms with Gasteiger partial charge in [-0.1, -0.05) is 39.2 Å².